The summed E-state index contributed by atoms with van der Waals surface area (Å²) in [6.07, 6.45) is 69.4. The molecule has 0 heterocycles. The maximum atomic E-state index is 12.8. The highest BCUT2D eigenvalue weighted by molar-refractivity contribution is 5.71. The molecule has 0 aliphatic rings. The van der Waals surface area contributed by atoms with Crippen molar-refractivity contribution in [2.75, 3.05) is 13.2 Å². The van der Waals surface area contributed by atoms with Gasteiger partial charge in [0.2, 0.25) is 0 Å². The fourth-order valence-corrected chi connectivity index (χ4v) is 7.80. The summed E-state index contributed by atoms with van der Waals surface area (Å²) in [5.41, 5.74) is 0. The molecule has 0 aliphatic carbocycles. The largest absolute Gasteiger partial charge is 0.462 e. The van der Waals surface area contributed by atoms with Crippen LogP contribution in [0, 0.1) is 0 Å². The minimum absolute atomic E-state index is 0.0911. The second kappa shape index (κ2) is 54.5. The Morgan fingerprint density at radius 3 is 0.924 bits per heavy atom. The van der Waals surface area contributed by atoms with E-state index in [-0.39, 0.29) is 37.5 Å². The summed E-state index contributed by atoms with van der Waals surface area (Å²) in [6, 6.07) is 0. The van der Waals surface area contributed by atoms with E-state index in [1.165, 1.54) is 128 Å². The molecule has 6 heteroatoms. The molecule has 1 unspecified atom stereocenters. The van der Waals surface area contributed by atoms with Crippen molar-refractivity contribution in [2.45, 2.75) is 277 Å². The van der Waals surface area contributed by atoms with E-state index >= 15 is 0 Å². The third-order valence-electron chi connectivity index (χ3n) is 12.0. The zero-order chi connectivity index (χ0) is 47.9. The first-order valence-corrected chi connectivity index (χ1v) is 27.9. The molecule has 0 rings (SSSR count). The molecule has 0 radical (unpaired) electrons. The SMILES string of the molecule is CC/C=C\C/C=C\C/C=C\C/C=C\C/C=C\C/C=C\CCCCC(=O)OC(COC(=O)CCCCCCC)COC(=O)CCCCCCCCCCCCCCCCCCCCCCCC. The lowest BCUT2D eigenvalue weighted by Gasteiger charge is -2.18. The molecule has 0 aromatic rings. The third kappa shape index (κ3) is 51.8. The number of allylic oxidation sites excluding steroid dienone is 12. The van der Waals surface area contributed by atoms with Crippen LogP contribution in [0.2, 0.25) is 0 Å². The Bertz CT molecular complexity index is 1240. The summed E-state index contributed by atoms with van der Waals surface area (Å²) in [7, 11) is 0. The van der Waals surface area contributed by atoms with Gasteiger partial charge in [-0.1, -0.05) is 254 Å². The number of hydrogen-bond acceptors (Lipinski definition) is 6. The van der Waals surface area contributed by atoms with Crippen molar-refractivity contribution < 1.29 is 28.6 Å². The van der Waals surface area contributed by atoms with E-state index in [0.29, 0.717) is 19.3 Å². The van der Waals surface area contributed by atoms with Gasteiger partial charge in [-0.05, 0) is 70.6 Å². The predicted molar refractivity (Wildman–Crippen MR) is 284 cm³/mol. The molecule has 1 atom stereocenters. The van der Waals surface area contributed by atoms with Gasteiger partial charge in [0.1, 0.15) is 13.2 Å². The van der Waals surface area contributed by atoms with E-state index in [1.807, 2.05) is 0 Å². The van der Waals surface area contributed by atoms with Crippen molar-refractivity contribution in [3.8, 4) is 0 Å². The molecule has 0 aliphatic heterocycles. The lowest BCUT2D eigenvalue weighted by Crippen LogP contribution is -2.30. The molecule has 0 aromatic carbocycles. The minimum Gasteiger partial charge on any atom is -0.462 e. The van der Waals surface area contributed by atoms with Gasteiger partial charge in [-0.15, -0.1) is 0 Å². The van der Waals surface area contributed by atoms with Gasteiger partial charge in [0.05, 0.1) is 0 Å². The van der Waals surface area contributed by atoms with E-state index in [2.05, 4.69) is 93.7 Å². The Hall–Kier alpha value is -3.15. The molecule has 66 heavy (non-hydrogen) atoms. The number of carbonyl (C=O) groups excluding carboxylic acids is 3. The van der Waals surface area contributed by atoms with Gasteiger partial charge in [0.15, 0.2) is 6.10 Å². The Morgan fingerprint density at radius 2 is 0.591 bits per heavy atom. The highest BCUT2D eigenvalue weighted by Gasteiger charge is 2.19. The highest BCUT2D eigenvalue weighted by Crippen LogP contribution is 2.16. The van der Waals surface area contributed by atoms with Crippen LogP contribution < -0.4 is 0 Å². The molecule has 0 bridgehead atoms. The van der Waals surface area contributed by atoms with Crippen molar-refractivity contribution in [2.24, 2.45) is 0 Å². The van der Waals surface area contributed by atoms with Crippen molar-refractivity contribution in [3.63, 3.8) is 0 Å². The molecule has 6 nitrogen and oxygen atoms in total. The average molecular weight is 921 g/mol. The number of ether oxygens (including phenoxy) is 3. The second-order valence-electron chi connectivity index (χ2n) is 18.5. The summed E-state index contributed by atoms with van der Waals surface area (Å²) >= 11 is 0. The van der Waals surface area contributed by atoms with Crippen molar-refractivity contribution >= 4 is 17.9 Å². The van der Waals surface area contributed by atoms with E-state index in [4.69, 9.17) is 14.2 Å². The quantitative estimate of drug-likeness (QED) is 0.0262. The van der Waals surface area contributed by atoms with Gasteiger partial charge < -0.3 is 14.2 Å². The first kappa shape index (κ1) is 62.8. The lowest BCUT2D eigenvalue weighted by molar-refractivity contribution is -0.167. The van der Waals surface area contributed by atoms with Gasteiger partial charge in [0.25, 0.3) is 0 Å². The molecular formula is C60H104O6. The maximum Gasteiger partial charge on any atom is 0.306 e. The summed E-state index contributed by atoms with van der Waals surface area (Å²) < 4.78 is 16.7. The van der Waals surface area contributed by atoms with Gasteiger partial charge in [-0.3, -0.25) is 14.4 Å². The summed E-state index contributed by atoms with van der Waals surface area (Å²) in [4.78, 5) is 37.7. The van der Waals surface area contributed by atoms with E-state index in [1.54, 1.807) is 0 Å². The van der Waals surface area contributed by atoms with Gasteiger partial charge in [-0.25, -0.2) is 0 Å². The van der Waals surface area contributed by atoms with E-state index < -0.39 is 6.10 Å². The summed E-state index contributed by atoms with van der Waals surface area (Å²) in [5, 5.41) is 0. The van der Waals surface area contributed by atoms with E-state index in [9.17, 15) is 14.4 Å². The Kier molecular flexibility index (Phi) is 51.9. The van der Waals surface area contributed by atoms with Crippen molar-refractivity contribution in [1.29, 1.82) is 0 Å². The third-order valence-corrected chi connectivity index (χ3v) is 12.0. The molecule has 380 valence electrons. The molecular weight excluding hydrogens is 817 g/mol. The second-order valence-corrected chi connectivity index (χ2v) is 18.5. The monoisotopic (exact) mass is 921 g/mol. The van der Waals surface area contributed by atoms with Gasteiger partial charge in [0, 0.05) is 19.3 Å². The zero-order valence-electron chi connectivity index (χ0n) is 43.4. The minimum atomic E-state index is -0.793. The number of esters is 3. The normalized spacial score (nSPS) is 12.6. The predicted octanol–water partition coefficient (Wildman–Crippen LogP) is 18.6. The molecule has 0 spiro atoms. The van der Waals surface area contributed by atoms with Crippen LogP contribution in [0.4, 0.5) is 0 Å². The fourth-order valence-electron chi connectivity index (χ4n) is 7.80. The topological polar surface area (TPSA) is 78.9 Å². The highest BCUT2D eigenvalue weighted by atomic mass is 16.6. The van der Waals surface area contributed by atoms with Crippen LogP contribution in [0.3, 0.4) is 0 Å². The first-order valence-electron chi connectivity index (χ1n) is 27.9. The number of unbranched alkanes of at least 4 members (excludes halogenated alkanes) is 27. The Labute approximate surface area is 408 Å². The fraction of sp³-hybridized carbons (Fsp3) is 0.750. The van der Waals surface area contributed by atoms with Gasteiger partial charge >= 0.3 is 17.9 Å². The average Bonchev–Trinajstić information content (AvgIpc) is 3.31. The van der Waals surface area contributed by atoms with Gasteiger partial charge in [-0.2, -0.15) is 0 Å². The number of carbonyl (C=O) groups is 3. The summed E-state index contributed by atoms with van der Waals surface area (Å²) in [5.74, 6) is -0.943. The maximum absolute atomic E-state index is 12.8. The van der Waals surface area contributed by atoms with Crippen molar-refractivity contribution in [1.82, 2.24) is 0 Å². The van der Waals surface area contributed by atoms with Crippen LogP contribution in [0.25, 0.3) is 0 Å². The molecule has 0 saturated heterocycles. The molecule has 0 aromatic heterocycles. The van der Waals surface area contributed by atoms with Crippen LogP contribution >= 0.6 is 0 Å². The Balaban J connectivity index is 4.17. The number of hydrogen-bond donors (Lipinski definition) is 0. The molecule has 0 N–H and O–H groups in total. The first-order chi connectivity index (χ1) is 32.5. The molecule has 0 fully saturated rings. The number of rotatable bonds is 50. The zero-order valence-corrected chi connectivity index (χ0v) is 43.4. The van der Waals surface area contributed by atoms with Crippen LogP contribution in [-0.2, 0) is 28.6 Å². The van der Waals surface area contributed by atoms with Crippen LogP contribution in [-0.4, -0.2) is 37.2 Å². The molecule has 0 amide bonds. The standard InChI is InChI=1S/C60H104O6/c1-4-7-10-13-15-17-19-21-23-25-27-29-31-32-34-36-38-40-42-44-47-50-53-59(62)65-56-57(55-64-58(61)52-49-46-12-9-6-3)66-60(63)54-51-48-45-43-41-39-37-35-33-30-28-26-24-22-20-18-16-14-11-8-5-2/h8,11,16,18,22,24,28,30,35,37,41,43,57H,4-7,9-10,12-15,17,19-21,23,25-27,29,31-34,36,38-40,42,44-56H2,1-3H3/b11-8-,18-16-,24-22-,30-28-,37-35-,43-41-. The van der Waals surface area contributed by atoms with Crippen LogP contribution in [0.15, 0.2) is 72.9 Å². The molecule has 0 saturated carbocycles. The van der Waals surface area contributed by atoms with Crippen LogP contribution in [0.5, 0.6) is 0 Å². The smallest absolute Gasteiger partial charge is 0.306 e. The van der Waals surface area contributed by atoms with E-state index in [0.717, 1.165) is 96.3 Å². The summed E-state index contributed by atoms with van der Waals surface area (Å²) in [6.45, 7) is 6.42. The lowest BCUT2D eigenvalue weighted by atomic mass is 10.0. The van der Waals surface area contributed by atoms with Crippen LogP contribution in [0.1, 0.15) is 271 Å². The van der Waals surface area contributed by atoms with Crippen molar-refractivity contribution in [3.05, 3.63) is 72.9 Å². The Morgan fingerprint density at radius 1 is 0.318 bits per heavy atom.